The molecule has 3 N–H and O–H groups in total. The van der Waals surface area contributed by atoms with Gasteiger partial charge in [-0.3, -0.25) is 0 Å². The average molecular weight is 322 g/mol. The maximum Gasteiger partial charge on any atom is 0.245 e. The Kier molecular flexibility index (Phi) is 3.44. The fourth-order valence-corrected chi connectivity index (χ4v) is 3.98. The molecule has 1 aromatic carbocycles. The second-order valence-electron chi connectivity index (χ2n) is 4.70. The number of aromatic amines is 1. The lowest BCUT2D eigenvalue weighted by atomic mass is 10.2. The maximum atomic E-state index is 12.7. The molecule has 0 atom stereocenters. The fourth-order valence-electron chi connectivity index (χ4n) is 2.13. The van der Waals surface area contributed by atoms with Crippen LogP contribution in [0, 0.1) is 0 Å². The minimum atomic E-state index is -3.59. The molecule has 0 unspecified atom stereocenters. The summed E-state index contributed by atoms with van der Waals surface area (Å²) in [6.07, 6.45) is 1.50. The summed E-state index contributed by atoms with van der Waals surface area (Å²) >= 11 is 1.44. The highest BCUT2D eigenvalue weighted by Gasteiger charge is 2.24. The highest BCUT2D eigenvalue weighted by atomic mass is 32.2. The molecule has 0 amide bonds. The van der Waals surface area contributed by atoms with Gasteiger partial charge >= 0.3 is 0 Å². The van der Waals surface area contributed by atoms with Crippen LogP contribution >= 0.6 is 11.3 Å². The SMILES string of the molecule is CN(Cc1cscn1)S(=O)(=O)c1c[nH]c2cc(N)ccc12. The molecule has 2 aromatic heterocycles. The van der Waals surface area contributed by atoms with Crippen LogP contribution in [-0.4, -0.2) is 29.7 Å². The number of H-pyrrole nitrogens is 1. The Balaban J connectivity index is 2.00. The monoisotopic (exact) mass is 322 g/mol. The molecule has 0 radical (unpaired) electrons. The van der Waals surface area contributed by atoms with Crippen LogP contribution < -0.4 is 5.73 Å². The third-order valence-electron chi connectivity index (χ3n) is 3.22. The van der Waals surface area contributed by atoms with Gasteiger partial charge in [0.05, 0.1) is 17.7 Å². The van der Waals surface area contributed by atoms with Crippen molar-refractivity contribution in [2.75, 3.05) is 12.8 Å². The van der Waals surface area contributed by atoms with Crippen molar-refractivity contribution in [2.45, 2.75) is 11.4 Å². The molecule has 0 aliphatic rings. The molecule has 110 valence electrons. The van der Waals surface area contributed by atoms with Gasteiger partial charge in [0.25, 0.3) is 0 Å². The maximum absolute atomic E-state index is 12.7. The number of anilines is 1. The summed E-state index contributed by atoms with van der Waals surface area (Å²) in [5, 5.41) is 2.47. The summed E-state index contributed by atoms with van der Waals surface area (Å²) in [7, 11) is -2.04. The van der Waals surface area contributed by atoms with Gasteiger partial charge in [0.2, 0.25) is 10.0 Å². The molecule has 21 heavy (non-hydrogen) atoms. The molecule has 6 nitrogen and oxygen atoms in total. The number of nitrogens with one attached hydrogen (secondary N) is 1. The van der Waals surface area contributed by atoms with Crippen LogP contribution in [0.1, 0.15) is 5.69 Å². The van der Waals surface area contributed by atoms with Gasteiger partial charge in [-0.1, -0.05) is 0 Å². The summed E-state index contributed by atoms with van der Waals surface area (Å²) < 4.78 is 26.6. The van der Waals surface area contributed by atoms with Gasteiger partial charge in [-0.25, -0.2) is 13.4 Å². The van der Waals surface area contributed by atoms with Crippen LogP contribution in [0.4, 0.5) is 5.69 Å². The van der Waals surface area contributed by atoms with Gasteiger partial charge in [-0.15, -0.1) is 11.3 Å². The number of hydrogen-bond acceptors (Lipinski definition) is 5. The summed E-state index contributed by atoms with van der Waals surface area (Å²) in [4.78, 5) is 7.31. The van der Waals surface area contributed by atoms with E-state index in [0.29, 0.717) is 16.6 Å². The number of hydrogen-bond donors (Lipinski definition) is 2. The van der Waals surface area contributed by atoms with Crippen molar-refractivity contribution >= 4 is 38.0 Å². The van der Waals surface area contributed by atoms with Gasteiger partial charge in [-0.05, 0) is 18.2 Å². The minimum Gasteiger partial charge on any atom is -0.399 e. The largest absolute Gasteiger partial charge is 0.399 e. The van der Waals surface area contributed by atoms with E-state index in [9.17, 15) is 8.42 Å². The Hall–Kier alpha value is -1.90. The van der Waals surface area contributed by atoms with E-state index in [4.69, 9.17) is 5.73 Å². The molecule has 2 heterocycles. The number of benzene rings is 1. The summed E-state index contributed by atoms with van der Waals surface area (Å²) in [5.74, 6) is 0. The van der Waals surface area contributed by atoms with Gasteiger partial charge in [0.15, 0.2) is 0 Å². The smallest absolute Gasteiger partial charge is 0.245 e. The second kappa shape index (κ2) is 5.14. The first kappa shape index (κ1) is 14.1. The Bertz CT molecular complexity index is 869. The number of aromatic nitrogens is 2. The van der Waals surface area contributed by atoms with Crippen molar-refractivity contribution in [3.63, 3.8) is 0 Å². The quantitative estimate of drug-likeness (QED) is 0.719. The van der Waals surface area contributed by atoms with Crippen LogP contribution in [0.2, 0.25) is 0 Å². The molecule has 3 rings (SSSR count). The van der Waals surface area contributed by atoms with Crippen molar-refractivity contribution in [3.8, 4) is 0 Å². The van der Waals surface area contributed by atoms with E-state index in [2.05, 4.69) is 9.97 Å². The number of rotatable bonds is 4. The third-order valence-corrected chi connectivity index (χ3v) is 5.70. The third kappa shape index (κ3) is 2.53. The zero-order valence-electron chi connectivity index (χ0n) is 11.3. The minimum absolute atomic E-state index is 0.244. The number of nitrogen functional groups attached to an aromatic ring is 1. The molecule has 3 aromatic rings. The number of nitrogens with zero attached hydrogens (tertiary/aromatic N) is 2. The Morgan fingerprint density at radius 3 is 2.95 bits per heavy atom. The topological polar surface area (TPSA) is 92.1 Å². The zero-order valence-corrected chi connectivity index (χ0v) is 12.9. The highest BCUT2D eigenvalue weighted by Crippen LogP contribution is 2.27. The molecule has 0 fully saturated rings. The first-order chi connectivity index (χ1) is 9.98. The fraction of sp³-hybridized carbons (Fsp3) is 0.154. The van der Waals surface area contributed by atoms with E-state index >= 15 is 0 Å². The Labute approximate surface area is 126 Å². The van der Waals surface area contributed by atoms with E-state index < -0.39 is 10.0 Å². The first-order valence-electron chi connectivity index (χ1n) is 6.18. The van der Waals surface area contributed by atoms with E-state index in [0.717, 1.165) is 5.69 Å². The number of thiazole rings is 1. The van der Waals surface area contributed by atoms with E-state index in [1.807, 2.05) is 5.38 Å². The number of sulfonamides is 1. The summed E-state index contributed by atoms with van der Waals surface area (Å²) in [5.41, 5.74) is 9.41. The Morgan fingerprint density at radius 2 is 2.24 bits per heavy atom. The second-order valence-corrected chi connectivity index (χ2v) is 7.43. The van der Waals surface area contributed by atoms with Crippen molar-refractivity contribution in [3.05, 3.63) is 41.0 Å². The molecule has 0 saturated heterocycles. The number of fused-ring (bicyclic) bond motifs is 1. The predicted molar refractivity (Wildman–Crippen MR) is 83.5 cm³/mol. The molecule has 0 bridgehead atoms. The predicted octanol–water partition coefficient (Wildman–Crippen LogP) is 2.03. The molecule has 8 heteroatoms. The lowest BCUT2D eigenvalue weighted by Crippen LogP contribution is -2.26. The first-order valence-corrected chi connectivity index (χ1v) is 8.57. The van der Waals surface area contributed by atoms with Crippen LogP contribution in [0.15, 0.2) is 40.2 Å². The molecular formula is C13H14N4O2S2. The standard InChI is InChI=1S/C13H14N4O2S2/c1-17(6-10-7-20-8-16-10)21(18,19)13-5-15-12-4-9(14)2-3-11(12)13/h2-5,7-8,15H,6,14H2,1H3. The van der Waals surface area contributed by atoms with Gasteiger partial charge in [0, 0.05) is 35.2 Å². The van der Waals surface area contributed by atoms with Crippen molar-refractivity contribution in [1.82, 2.24) is 14.3 Å². The molecule has 0 aliphatic heterocycles. The molecular weight excluding hydrogens is 308 g/mol. The Morgan fingerprint density at radius 1 is 1.43 bits per heavy atom. The highest BCUT2D eigenvalue weighted by molar-refractivity contribution is 7.89. The molecule has 0 aliphatic carbocycles. The summed E-state index contributed by atoms with van der Waals surface area (Å²) in [6, 6.07) is 5.12. The van der Waals surface area contributed by atoms with E-state index in [-0.39, 0.29) is 11.4 Å². The van der Waals surface area contributed by atoms with Crippen molar-refractivity contribution in [2.24, 2.45) is 0 Å². The van der Waals surface area contributed by atoms with Gasteiger partial charge < -0.3 is 10.7 Å². The average Bonchev–Trinajstić information content (AvgIpc) is 3.07. The lowest BCUT2D eigenvalue weighted by molar-refractivity contribution is 0.463. The van der Waals surface area contributed by atoms with Crippen LogP contribution in [0.5, 0.6) is 0 Å². The van der Waals surface area contributed by atoms with Crippen molar-refractivity contribution < 1.29 is 8.42 Å². The van der Waals surface area contributed by atoms with E-state index in [1.54, 1.807) is 30.8 Å². The van der Waals surface area contributed by atoms with Crippen molar-refractivity contribution in [1.29, 1.82) is 0 Å². The normalized spacial score (nSPS) is 12.3. The zero-order chi connectivity index (χ0) is 15.0. The lowest BCUT2D eigenvalue weighted by Gasteiger charge is -2.15. The molecule has 0 spiro atoms. The van der Waals surface area contributed by atoms with Crippen LogP contribution in [0.3, 0.4) is 0 Å². The van der Waals surface area contributed by atoms with Crippen LogP contribution in [0.25, 0.3) is 10.9 Å². The summed E-state index contributed by atoms with van der Waals surface area (Å²) in [6.45, 7) is 0.244. The molecule has 0 saturated carbocycles. The number of nitrogens with two attached hydrogens (primary N) is 1. The van der Waals surface area contributed by atoms with Crippen LogP contribution in [-0.2, 0) is 16.6 Å². The van der Waals surface area contributed by atoms with E-state index in [1.165, 1.54) is 21.8 Å². The van der Waals surface area contributed by atoms with Gasteiger partial charge in [-0.2, -0.15) is 4.31 Å². The van der Waals surface area contributed by atoms with Gasteiger partial charge in [0.1, 0.15) is 4.90 Å².